The van der Waals surface area contributed by atoms with Gasteiger partial charge in [-0.05, 0) is 12.8 Å². The molecule has 0 amide bonds. The van der Waals surface area contributed by atoms with Crippen molar-refractivity contribution in [3.8, 4) is 0 Å². The first-order chi connectivity index (χ1) is 7.35. The summed E-state index contributed by atoms with van der Waals surface area (Å²) in [7, 11) is 0. The summed E-state index contributed by atoms with van der Waals surface area (Å²) in [6.07, 6.45) is 7.72. The predicted molar refractivity (Wildman–Crippen MR) is 57.7 cm³/mol. The summed E-state index contributed by atoms with van der Waals surface area (Å²) in [5.74, 6) is -0.263. The second kappa shape index (κ2) is 5.10. The second-order valence-corrected chi connectivity index (χ2v) is 4.35. The van der Waals surface area contributed by atoms with Gasteiger partial charge in [-0.25, -0.2) is 0 Å². The zero-order valence-corrected chi connectivity index (χ0v) is 9.24. The van der Waals surface area contributed by atoms with Crippen molar-refractivity contribution in [3.63, 3.8) is 0 Å². The Bertz CT molecular complexity index is 209. The minimum atomic E-state index is -0.263. The Morgan fingerprint density at radius 3 is 2.87 bits per heavy atom. The molecule has 3 heteroatoms. The number of hydrogen-bond acceptors (Lipinski definition) is 3. The van der Waals surface area contributed by atoms with E-state index in [0.717, 1.165) is 12.8 Å². The Hall–Kier alpha value is -0.380. The van der Waals surface area contributed by atoms with Gasteiger partial charge >= 0.3 is 0 Å². The zero-order valence-electron chi connectivity index (χ0n) is 9.24. The monoisotopic (exact) mass is 212 g/mol. The van der Waals surface area contributed by atoms with Gasteiger partial charge in [0.1, 0.15) is 6.10 Å². The first kappa shape index (κ1) is 11.1. The van der Waals surface area contributed by atoms with Crippen LogP contribution < -0.4 is 0 Å². The van der Waals surface area contributed by atoms with Crippen molar-refractivity contribution in [3.05, 3.63) is 12.7 Å². The van der Waals surface area contributed by atoms with Gasteiger partial charge in [0, 0.05) is 12.8 Å². The first-order valence-electron chi connectivity index (χ1n) is 5.85. The third-order valence-electron chi connectivity index (χ3n) is 3.07. The standard InChI is InChI=1S/C12H20O3/c1-2-8-13-9-11-10-14-12(15-11)6-4-3-5-7-12/h2,11H,1,3-10H2. The van der Waals surface area contributed by atoms with Gasteiger partial charge in [-0.15, -0.1) is 6.58 Å². The van der Waals surface area contributed by atoms with Crippen molar-refractivity contribution in [2.24, 2.45) is 0 Å². The Balaban J connectivity index is 1.75. The van der Waals surface area contributed by atoms with Gasteiger partial charge in [0.15, 0.2) is 5.79 Å². The van der Waals surface area contributed by atoms with Crippen LogP contribution >= 0.6 is 0 Å². The lowest BCUT2D eigenvalue weighted by Crippen LogP contribution is -2.34. The molecular formula is C12H20O3. The molecule has 1 unspecified atom stereocenters. The van der Waals surface area contributed by atoms with E-state index in [4.69, 9.17) is 14.2 Å². The molecule has 0 radical (unpaired) electrons. The van der Waals surface area contributed by atoms with Crippen LogP contribution in [0.4, 0.5) is 0 Å². The largest absolute Gasteiger partial charge is 0.375 e. The van der Waals surface area contributed by atoms with Crippen LogP contribution in [-0.4, -0.2) is 31.7 Å². The molecule has 1 atom stereocenters. The van der Waals surface area contributed by atoms with Gasteiger partial charge in [0.25, 0.3) is 0 Å². The minimum Gasteiger partial charge on any atom is -0.375 e. The van der Waals surface area contributed by atoms with E-state index >= 15 is 0 Å². The lowest BCUT2D eigenvalue weighted by atomic mass is 9.94. The topological polar surface area (TPSA) is 27.7 Å². The van der Waals surface area contributed by atoms with Crippen molar-refractivity contribution in [2.75, 3.05) is 19.8 Å². The molecule has 2 fully saturated rings. The Labute approximate surface area is 91.4 Å². The Morgan fingerprint density at radius 1 is 1.33 bits per heavy atom. The maximum Gasteiger partial charge on any atom is 0.169 e. The second-order valence-electron chi connectivity index (χ2n) is 4.35. The molecule has 1 saturated carbocycles. The van der Waals surface area contributed by atoms with Crippen LogP contribution in [0.2, 0.25) is 0 Å². The van der Waals surface area contributed by atoms with Crippen LogP contribution in [0.25, 0.3) is 0 Å². The maximum atomic E-state index is 5.95. The zero-order chi connectivity index (χ0) is 10.6. The Morgan fingerprint density at radius 2 is 2.13 bits per heavy atom. The van der Waals surface area contributed by atoms with E-state index in [-0.39, 0.29) is 11.9 Å². The minimum absolute atomic E-state index is 0.114. The number of rotatable bonds is 4. The van der Waals surface area contributed by atoms with Gasteiger partial charge in [-0.3, -0.25) is 0 Å². The highest BCUT2D eigenvalue weighted by Crippen LogP contribution is 2.37. The average Bonchev–Trinajstić information content (AvgIpc) is 2.63. The van der Waals surface area contributed by atoms with Crippen molar-refractivity contribution in [2.45, 2.75) is 44.0 Å². The molecule has 0 aromatic heterocycles. The Kier molecular flexibility index (Phi) is 3.78. The molecule has 1 heterocycles. The molecule has 1 aliphatic carbocycles. The van der Waals surface area contributed by atoms with Crippen LogP contribution in [0.15, 0.2) is 12.7 Å². The maximum absolute atomic E-state index is 5.95. The molecule has 2 aliphatic rings. The molecule has 3 nitrogen and oxygen atoms in total. The predicted octanol–water partition coefficient (Wildman–Crippen LogP) is 2.26. The first-order valence-corrected chi connectivity index (χ1v) is 5.85. The fourth-order valence-corrected chi connectivity index (χ4v) is 2.33. The molecule has 2 rings (SSSR count). The summed E-state index contributed by atoms with van der Waals surface area (Å²) < 4.78 is 17.1. The smallest absolute Gasteiger partial charge is 0.169 e. The van der Waals surface area contributed by atoms with E-state index in [1.54, 1.807) is 6.08 Å². The summed E-state index contributed by atoms with van der Waals surface area (Å²) in [6, 6.07) is 0. The van der Waals surface area contributed by atoms with Crippen molar-refractivity contribution < 1.29 is 14.2 Å². The molecule has 0 bridgehead atoms. The molecule has 0 aromatic rings. The highest BCUT2D eigenvalue weighted by atomic mass is 16.7. The summed E-state index contributed by atoms with van der Waals surface area (Å²) in [5, 5.41) is 0. The highest BCUT2D eigenvalue weighted by molar-refractivity contribution is 4.82. The van der Waals surface area contributed by atoms with E-state index in [0.29, 0.717) is 19.8 Å². The molecule has 0 N–H and O–H groups in total. The van der Waals surface area contributed by atoms with E-state index in [1.807, 2.05) is 0 Å². The fourth-order valence-electron chi connectivity index (χ4n) is 2.33. The van der Waals surface area contributed by atoms with Crippen LogP contribution in [0.5, 0.6) is 0 Å². The van der Waals surface area contributed by atoms with Gasteiger partial charge < -0.3 is 14.2 Å². The SMILES string of the molecule is C=CCOCC1COC2(CCCCC2)O1. The molecule has 1 spiro atoms. The van der Waals surface area contributed by atoms with Gasteiger partial charge in [0.05, 0.1) is 19.8 Å². The molecule has 1 aliphatic heterocycles. The van der Waals surface area contributed by atoms with Gasteiger partial charge in [0.2, 0.25) is 0 Å². The van der Waals surface area contributed by atoms with Crippen molar-refractivity contribution in [1.82, 2.24) is 0 Å². The average molecular weight is 212 g/mol. The molecular weight excluding hydrogens is 192 g/mol. The van der Waals surface area contributed by atoms with Crippen molar-refractivity contribution in [1.29, 1.82) is 0 Å². The highest BCUT2D eigenvalue weighted by Gasteiger charge is 2.42. The molecule has 0 aromatic carbocycles. The van der Waals surface area contributed by atoms with Crippen LogP contribution in [0, 0.1) is 0 Å². The van der Waals surface area contributed by atoms with E-state index in [2.05, 4.69) is 6.58 Å². The number of ether oxygens (including phenoxy) is 3. The summed E-state index contributed by atoms with van der Waals surface area (Å²) in [6.45, 7) is 5.50. The third kappa shape index (κ3) is 2.80. The van der Waals surface area contributed by atoms with Gasteiger partial charge in [-0.2, -0.15) is 0 Å². The van der Waals surface area contributed by atoms with Crippen LogP contribution in [0.3, 0.4) is 0 Å². The lowest BCUT2D eigenvalue weighted by Gasteiger charge is -2.31. The normalized spacial score (nSPS) is 29.5. The molecule has 15 heavy (non-hydrogen) atoms. The molecule has 86 valence electrons. The number of hydrogen-bond donors (Lipinski definition) is 0. The van der Waals surface area contributed by atoms with Crippen molar-refractivity contribution >= 4 is 0 Å². The summed E-state index contributed by atoms with van der Waals surface area (Å²) in [5.41, 5.74) is 0. The van der Waals surface area contributed by atoms with Crippen LogP contribution in [-0.2, 0) is 14.2 Å². The third-order valence-corrected chi connectivity index (χ3v) is 3.07. The summed E-state index contributed by atoms with van der Waals surface area (Å²) >= 11 is 0. The van der Waals surface area contributed by atoms with E-state index < -0.39 is 0 Å². The quantitative estimate of drug-likeness (QED) is 0.528. The van der Waals surface area contributed by atoms with E-state index in [9.17, 15) is 0 Å². The van der Waals surface area contributed by atoms with Gasteiger partial charge in [-0.1, -0.05) is 12.5 Å². The fraction of sp³-hybridized carbons (Fsp3) is 0.833. The van der Waals surface area contributed by atoms with Crippen LogP contribution in [0.1, 0.15) is 32.1 Å². The molecule has 1 saturated heterocycles. The summed E-state index contributed by atoms with van der Waals surface area (Å²) in [4.78, 5) is 0. The van der Waals surface area contributed by atoms with E-state index in [1.165, 1.54) is 19.3 Å². The lowest BCUT2D eigenvalue weighted by molar-refractivity contribution is -0.191.